The summed E-state index contributed by atoms with van der Waals surface area (Å²) in [4.78, 5) is 4.73. The Balaban J connectivity index is 2.95. The number of alkyl halides is 1. The lowest BCUT2D eigenvalue weighted by Gasteiger charge is -2.30. The maximum atomic E-state index is 3.60. The molecule has 108 valence electrons. The molecule has 19 heavy (non-hydrogen) atoms. The van der Waals surface area contributed by atoms with Gasteiger partial charge in [0.05, 0.1) is 0 Å². The molecule has 0 aromatic heterocycles. The van der Waals surface area contributed by atoms with Crippen LogP contribution >= 0.6 is 31.9 Å². The average molecular weight is 392 g/mol. The van der Waals surface area contributed by atoms with Crippen molar-refractivity contribution in [3.8, 4) is 0 Å². The Morgan fingerprint density at radius 3 is 2.37 bits per heavy atom. The zero-order chi connectivity index (χ0) is 14.4. The van der Waals surface area contributed by atoms with Crippen LogP contribution in [-0.2, 0) is 5.33 Å². The molecule has 0 bridgehead atoms. The van der Waals surface area contributed by atoms with E-state index in [2.05, 4.69) is 87.8 Å². The van der Waals surface area contributed by atoms with E-state index >= 15 is 0 Å². The van der Waals surface area contributed by atoms with Gasteiger partial charge in [0.15, 0.2) is 0 Å². The molecule has 0 unspecified atom stereocenters. The summed E-state index contributed by atoms with van der Waals surface area (Å²) in [5.41, 5.74) is 2.68. The third-order valence-corrected chi connectivity index (χ3v) is 4.03. The first-order valence-electron chi connectivity index (χ1n) is 6.68. The Morgan fingerprint density at radius 2 is 1.84 bits per heavy atom. The first-order valence-corrected chi connectivity index (χ1v) is 8.59. The summed E-state index contributed by atoms with van der Waals surface area (Å²) in [6.07, 6.45) is 0. The number of likely N-dealkylation sites (N-methyl/N-ethyl adjacent to an activating group) is 1. The fourth-order valence-electron chi connectivity index (χ4n) is 2.04. The van der Waals surface area contributed by atoms with E-state index in [1.807, 2.05) is 0 Å². The van der Waals surface area contributed by atoms with E-state index in [0.717, 1.165) is 29.4 Å². The second-order valence-corrected chi connectivity index (χ2v) is 7.03. The molecule has 0 saturated heterocycles. The molecule has 0 spiro atoms. The van der Waals surface area contributed by atoms with E-state index in [9.17, 15) is 0 Å². The quantitative estimate of drug-likeness (QED) is 0.636. The van der Waals surface area contributed by atoms with Crippen molar-refractivity contribution in [2.45, 2.75) is 19.2 Å². The Morgan fingerprint density at radius 1 is 1.16 bits per heavy atom. The summed E-state index contributed by atoms with van der Waals surface area (Å²) in [6.45, 7) is 7.78. The Bertz CT molecular complexity index is 392. The molecule has 2 nitrogen and oxygen atoms in total. The largest absolute Gasteiger partial charge is 0.370 e. The van der Waals surface area contributed by atoms with Gasteiger partial charge >= 0.3 is 0 Å². The SMILES string of the molecule is CC(C)CN(CCN(C)C)c1ccc(Br)cc1CBr. The van der Waals surface area contributed by atoms with Crippen LogP contribution in [-0.4, -0.2) is 38.6 Å². The molecule has 1 aromatic rings. The number of nitrogens with zero attached hydrogens (tertiary/aromatic N) is 2. The smallest absolute Gasteiger partial charge is 0.0408 e. The predicted molar refractivity (Wildman–Crippen MR) is 92.4 cm³/mol. The highest BCUT2D eigenvalue weighted by Crippen LogP contribution is 2.27. The van der Waals surface area contributed by atoms with E-state index in [1.165, 1.54) is 11.3 Å². The molecule has 1 aromatic carbocycles. The van der Waals surface area contributed by atoms with Crippen molar-refractivity contribution in [2.24, 2.45) is 5.92 Å². The summed E-state index contributed by atoms with van der Waals surface area (Å²) >= 11 is 7.15. The predicted octanol–water partition coefficient (Wildman–Crippen LogP) is 4.37. The molecule has 0 radical (unpaired) electrons. The third kappa shape index (κ3) is 5.84. The van der Waals surface area contributed by atoms with Crippen LogP contribution in [0, 0.1) is 5.92 Å². The van der Waals surface area contributed by atoms with Crippen molar-refractivity contribution in [1.82, 2.24) is 4.90 Å². The van der Waals surface area contributed by atoms with Crippen molar-refractivity contribution < 1.29 is 0 Å². The van der Waals surface area contributed by atoms with E-state index in [-0.39, 0.29) is 0 Å². The average Bonchev–Trinajstić information content (AvgIpc) is 2.33. The second kappa shape index (κ2) is 8.28. The van der Waals surface area contributed by atoms with Gasteiger partial charge in [-0.25, -0.2) is 0 Å². The number of hydrogen-bond donors (Lipinski definition) is 0. The van der Waals surface area contributed by atoms with Gasteiger partial charge in [0, 0.05) is 35.1 Å². The second-order valence-electron chi connectivity index (χ2n) is 5.55. The molecule has 0 fully saturated rings. The van der Waals surface area contributed by atoms with Gasteiger partial charge in [-0.2, -0.15) is 0 Å². The van der Waals surface area contributed by atoms with Crippen LogP contribution < -0.4 is 4.90 Å². The van der Waals surface area contributed by atoms with Crippen molar-refractivity contribution in [2.75, 3.05) is 38.6 Å². The minimum absolute atomic E-state index is 0.661. The number of anilines is 1. The van der Waals surface area contributed by atoms with Gasteiger partial charge in [-0.15, -0.1) is 0 Å². The lowest BCUT2D eigenvalue weighted by molar-refractivity contribution is 0.409. The zero-order valence-electron chi connectivity index (χ0n) is 12.3. The van der Waals surface area contributed by atoms with Crippen LogP contribution in [0.2, 0.25) is 0 Å². The Hall–Kier alpha value is -0.0600. The molecule has 0 aliphatic rings. The molecule has 0 heterocycles. The van der Waals surface area contributed by atoms with Gasteiger partial charge < -0.3 is 9.80 Å². The van der Waals surface area contributed by atoms with Crippen LogP contribution in [0.1, 0.15) is 19.4 Å². The van der Waals surface area contributed by atoms with Gasteiger partial charge in [0.2, 0.25) is 0 Å². The number of hydrogen-bond acceptors (Lipinski definition) is 2. The first-order chi connectivity index (χ1) is 8.93. The summed E-state index contributed by atoms with van der Waals surface area (Å²) < 4.78 is 1.14. The highest BCUT2D eigenvalue weighted by atomic mass is 79.9. The first kappa shape index (κ1) is 17.0. The van der Waals surface area contributed by atoms with Gasteiger partial charge in [-0.1, -0.05) is 45.7 Å². The number of benzene rings is 1. The van der Waals surface area contributed by atoms with Gasteiger partial charge in [-0.05, 0) is 43.8 Å². The lowest BCUT2D eigenvalue weighted by Crippen LogP contribution is -2.34. The zero-order valence-corrected chi connectivity index (χ0v) is 15.5. The summed E-state index contributed by atoms with van der Waals surface area (Å²) in [5, 5.41) is 0.887. The van der Waals surface area contributed by atoms with Crippen molar-refractivity contribution in [3.63, 3.8) is 0 Å². The molecule has 0 aliphatic heterocycles. The topological polar surface area (TPSA) is 6.48 Å². The lowest BCUT2D eigenvalue weighted by atomic mass is 10.1. The maximum absolute atomic E-state index is 3.60. The van der Waals surface area contributed by atoms with Crippen molar-refractivity contribution in [1.29, 1.82) is 0 Å². The van der Waals surface area contributed by atoms with Crippen LogP contribution in [0.3, 0.4) is 0 Å². The van der Waals surface area contributed by atoms with E-state index in [1.54, 1.807) is 0 Å². The van der Waals surface area contributed by atoms with Crippen molar-refractivity contribution >= 4 is 37.5 Å². The van der Waals surface area contributed by atoms with E-state index in [4.69, 9.17) is 0 Å². The minimum Gasteiger partial charge on any atom is -0.370 e. The fraction of sp³-hybridized carbons (Fsp3) is 0.600. The number of rotatable bonds is 7. The highest BCUT2D eigenvalue weighted by molar-refractivity contribution is 9.10. The molecular formula is C15H24Br2N2. The van der Waals surface area contributed by atoms with E-state index < -0.39 is 0 Å². The minimum atomic E-state index is 0.661. The van der Waals surface area contributed by atoms with Crippen LogP contribution in [0.15, 0.2) is 22.7 Å². The maximum Gasteiger partial charge on any atom is 0.0408 e. The highest BCUT2D eigenvalue weighted by Gasteiger charge is 2.13. The fourth-order valence-corrected chi connectivity index (χ4v) is 2.90. The van der Waals surface area contributed by atoms with Crippen LogP contribution in [0.4, 0.5) is 5.69 Å². The standard InChI is InChI=1S/C15H24Br2N2/c1-12(2)11-19(8-7-18(3)4)15-6-5-14(17)9-13(15)10-16/h5-6,9,12H,7-8,10-11H2,1-4H3. The van der Waals surface area contributed by atoms with Gasteiger partial charge in [0.25, 0.3) is 0 Å². The Labute approximate surface area is 134 Å². The summed E-state index contributed by atoms with van der Waals surface area (Å²) in [5.74, 6) is 0.661. The third-order valence-electron chi connectivity index (χ3n) is 2.93. The molecular weight excluding hydrogens is 368 g/mol. The van der Waals surface area contributed by atoms with Crippen LogP contribution in [0.5, 0.6) is 0 Å². The van der Waals surface area contributed by atoms with Gasteiger partial charge in [-0.3, -0.25) is 0 Å². The van der Waals surface area contributed by atoms with Crippen molar-refractivity contribution in [3.05, 3.63) is 28.2 Å². The monoisotopic (exact) mass is 390 g/mol. The molecule has 0 saturated carbocycles. The molecule has 0 N–H and O–H groups in total. The molecule has 1 rings (SSSR count). The van der Waals surface area contributed by atoms with E-state index in [0.29, 0.717) is 5.92 Å². The molecule has 4 heteroatoms. The van der Waals surface area contributed by atoms with Gasteiger partial charge in [0.1, 0.15) is 0 Å². The summed E-state index contributed by atoms with van der Waals surface area (Å²) in [6, 6.07) is 6.55. The normalized spacial score (nSPS) is 11.4. The molecule has 0 amide bonds. The Kier molecular flexibility index (Phi) is 7.40. The van der Waals surface area contributed by atoms with Crippen LogP contribution in [0.25, 0.3) is 0 Å². The summed E-state index contributed by atoms with van der Waals surface area (Å²) in [7, 11) is 4.25. The number of halogens is 2. The molecule has 0 aliphatic carbocycles. The molecule has 0 atom stereocenters.